The van der Waals surface area contributed by atoms with Crippen LogP contribution in [0.1, 0.15) is 51.4 Å². The number of nitrogens with one attached hydrogen (secondary N) is 2. The van der Waals surface area contributed by atoms with Crippen molar-refractivity contribution < 1.29 is 37.0 Å². The molecule has 2 aliphatic heterocycles. The van der Waals surface area contributed by atoms with Gasteiger partial charge in [-0.1, -0.05) is 6.42 Å². The third-order valence-corrected chi connectivity index (χ3v) is 8.21. The molecule has 2 N–H and O–H groups in total. The molecule has 12 heteroatoms. The van der Waals surface area contributed by atoms with Crippen molar-refractivity contribution in [1.82, 2.24) is 15.5 Å². The predicted molar refractivity (Wildman–Crippen MR) is 125 cm³/mol. The van der Waals surface area contributed by atoms with Gasteiger partial charge in [0.15, 0.2) is 6.61 Å². The molecule has 3 atom stereocenters. The van der Waals surface area contributed by atoms with Crippen LogP contribution in [0.15, 0.2) is 24.3 Å². The summed E-state index contributed by atoms with van der Waals surface area (Å²) >= 11 is 0. The van der Waals surface area contributed by atoms with E-state index in [4.69, 9.17) is 4.74 Å². The molecular weight excluding hydrogens is 505 g/mol. The van der Waals surface area contributed by atoms with Gasteiger partial charge in [0.2, 0.25) is 11.8 Å². The molecule has 9 nitrogen and oxygen atoms in total. The van der Waals surface area contributed by atoms with Gasteiger partial charge in [0.1, 0.15) is 23.6 Å². The van der Waals surface area contributed by atoms with Crippen molar-refractivity contribution in [2.45, 2.75) is 75.4 Å². The van der Waals surface area contributed by atoms with Crippen molar-refractivity contribution in [3.05, 3.63) is 24.3 Å². The Bertz CT molecular complexity index is 1140. The van der Waals surface area contributed by atoms with Crippen molar-refractivity contribution in [1.29, 1.82) is 5.26 Å². The summed E-state index contributed by atoms with van der Waals surface area (Å²) in [6, 6.07) is 5.16. The molecule has 2 aliphatic carbocycles. The first-order valence-corrected chi connectivity index (χ1v) is 12.8. The molecule has 2 spiro atoms. The van der Waals surface area contributed by atoms with Crippen LogP contribution in [-0.2, 0) is 14.4 Å². The zero-order valence-electron chi connectivity index (χ0n) is 20.7. The maximum Gasteiger partial charge on any atom is 0.573 e. The maximum atomic E-state index is 13.3. The van der Waals surface area contributed by atoms with Gasteiger partial charge in [-0.15, -0.1) is 13.2 Å². The molecule has 0 radical (unpaired) electrons. The first-order valence-electron chi connectivity index (χ1n) is 12.8. The quantitative estimate of drug-likeness (QED) is 0.529. The molecule has 4 fully saturated rings. The lowest BCUT2D eigenvalue weighted by Gasteiger charge is -2.37. The number of nitriles is 1. The Morgan fingerprint density at radius 3 is 2.39 bits per heavy atom. The summed E-state index contributed by atoms with van der Waals surface area (Å²) in [6.45, 7) is 0.00174. The first-order chi connectivity index (χ1) is 18.0. The fourth-order valence-electron chi connectivity index (χ4n) is 5.90. The van der Waals surface area contributed by atoms with Crippen molar-refractivity contribution in [2.24, 2.45) is 11.3 Å². The second-order valence-corrected chi connectivity index (χ2v) is 11.0. The predicted octanol–water partition coefficient (Wildman–Crippen LogP) is 2.80. The lowest BCUT2D eigenvalue weighted by Crippen LogP contribution is -2.50. The fourth-order valence-corrected chi connectivity index (χ4v) is 5.90. The molecule has 2 saturated heterocycles. The number of nitrogens with zero attached hydrogens (tertiary/aromatic N) is 2. The van der Waals surface area contributed by atoms with Gasteiger partial charge in [0, 0.05) is 18.0 Å². The molecule has 1 aromatic rings. The monoisotopic (exact) mass is 534 g/mol. The Balaban J connectivity index is 1.19. The Morgan fingerprint density at radius 2 is 1.84 bits per heavy atom. The minimum Gasteiger partial charge on any atom is -0.484 e. The van der Waals surface area contributed by atoms with Gasteiger partial charge in [-0.25, -0.2) is 0 Å². The smallest absolute Gasteiger partial charge is 0.484 e. The van der Waals surface area contributed by atoms with Crippen LogP contribution in [0.25, 0.3) is 0 Å². The summed E-state index contributed by atoms with van der Waals surface area (Å²) in [5.41, 5.74) is -0.261. The number of carbonyl (C=O) groups excluding carboxylic acids is 3. The largest absolute Gasteiger partial charge is 0.573 e. The zero-order valence-corrected chi connectivity index (χ0v) is 20.7. The molecule has 0 unspecified atom stereocenters. The number of hydrogen-bond acceptors (Lipinski definition) is 6. The first kappa shape index (κ1) is 26.1. The van der Waals surface area contributed by atoms with E-state index >= 15 is 0 Å². The molecule has 4 aliphatic rings. The molecule has 204 valence electrons. The van der Waals surface area contributed by atoms with E-state index in [9.17, 15) is 32.8 Å². The van der Waals surface area contributed by atoms with E-state index < -0.39 is 42.6 Å². The van der Waals surface area contributed by atoms with Crippen LogP contribution in [0.5, 0.6) is 11.5 Å². The average molecular weight is 535 g/mol. The number of rotatable bonds is 8. The molecule has 5 rings (SSSR count). The van der Waals surface area contributed by atoms with Gasteiger partial charge in [0.25, 0.3) is 5.91 Å². The van der Waals surface area contributed by atoms with Crippen LogP contribution < -0.4 is 20.1 Å². The fraction of sp³-hybridized carbons (Fsp3) is 0.615. The number of likely N-dealkylation sites (tertiary alicyclic amines) is 1. The number of benzene rings is 1. The summed E-state index contributed by atoms with van der Waals surface area (Å²) in [6.07, 6.45) is 1.24. The van der Waals surface area contributed by atoms with Crippen LogP contribution in [0.4, 0.5) is 13.2 Å². The van der Waals surface area contributed by atoms with E-state index in [1.807, 2.05) is 0 Å². The van der Waals surface area contributed by atoms with E-state index in [1.54, 1.807) is 0 Å². The van der Waals surface area contributed by atoms with Gasteiger partial charge in [-0.05, 0) is 74.6 Å². The third kappa shape index (κ3) is 5.66. The van der Waals surface area contributed by atoms with E-state index in [0.717, 1.165) is 44.2 Å². The number of carbonyl (C=O) groups is 3. The van der Waals surface area contributed by atoms with Gasteiger partial charge >= 0.3 is 6.36 Å². The van der Waals surface area contributed by atoms with Crippen LogP contribution >= 0.6 is 0 Å². The molecule has 2 saturated carbocycles. The van der Waals surface area contributed by atoms with Gasteiger partial charge < -0.3 is 25.0 Å². The van der Waals surface area contributed by atoms with Crippen molar-refractivity contribution in [3.8, 4) is 17.6 Å². The topological polar surface area (TPSA) is 121 Å². The molecule has 0 bridgehead atoms. The van der Waals surface area contributed by atoms with Crippen LogP contribution in [-0.4, -0.2) is 59.8 Å². The lowest BCUT2D eigenvalue weighted by atomic mass is 9.67. The number of amides is 3. The number of alkyl halides is 3. The van der Waals surface area contributed by atoms with E-state index in [0.29, 0.717) is 19.4 Å². The Labute approximate surface area is 217 Å². The van der Waals surface area contributed by atoms with Gasteiger partial charge in [0.05, 0.1) is 6.07 Å². The van der Waals surface area contributed by atoms with E-state index in [2.05, 4.69) is 21.4 Å². The zero-order chi connectivity index (χ0) is 27.1. The Hall–Kier alpha value is -3.49. The molecule has 38 heavy (non-hydrogen) atoms. The second kappa shape index (κ2) is 9.67. The highest BCUT2D eigenvalue weighted by Crippen LogP contribution is 2.50. The summed E-state index contributed by atoms with van der Waals surface area (Å²) in [7, 11) is 0. The lowest BCUT2D eigenvalue weighted by molar-refractivity contribution is -0.274. The molecule has 1 aromatic carbocycles. The Morgan fingerprint density at radius 1 is 1.16 bits per heavy atom. The highest BCUT2D eigenvalue weighted by atomic mass is 19.4. The molecule has 3 amide bonds. The van der Waals surface area contributed by atoms with Crippen molar-refractivity contribution in [2.75, 3.05) is 13.2 Å². The second-order valence-electron chi connectivity index (χ2n) is 11.0. The Kier molecular flexibility index (Phi) is 6.65. The van der Waals surface area contributed by atoms with Gasteiger partial charge in [-0.3, -0.25) is 14.4 Å². The minimum absolute atomic E-state index is 0.0850. The highest BCUT2D eigenvalue weighted by molar-refractivity contribution is 5.89. The van der Waals surface area contributed by atoms with E-state index in [-0.39, 0.29) is 34.9 Å². The van der Waals surface area contributed by atoms with Crippen LogP contribution in [0, 0.1) is 22.7 Å². The van der Waals surface area contributed by atoms with Crippen LogP contribution in [0.3, 0.4) is 0 Å². The van der Waals surface area contributed by atoms with Crippen molar-refractivity contribution in [3.63, 3.8) is 0 Å². The molecule has 2 heterocycles. The van der Waals surface area contributed by atoms with Gasteiger partial charge in [-0.2, -0.15) is 5.26 Å². The van der Waals surface area contributed by atoms with E-state index in [1.165, 1.54) is 17.0 Å². The third-order valence-electron chi connectivity index (χ3n) is 8.21. The van der Waals surface area contributed by atoms with Crippen LogP contribution in [0.2, 0.25) is 0 Å². The number of halogens is 3. The summed E-state index contributed by atoms with van der Waals surface area (Å²) < 4.78 is 46.4. The molecule has 0 aromatic heterocycles. The SMILES string of the molecule is N#C[C@H](C[C@@H]1CC2(CC2)NC1=O)NC(=O)[C@@H]1CC2(CCC2)CN1C(=O)COc1ccc(OC(F)(F)F)cc1. The average Bonchev–Trinajstić information content (AvgIpc) is 3.32. The summed E-state index contributed by atoms with van der Waals surface area (Å²) in [5, 5.41) is 15.4. The minimum atomic E-state index is -4.81. The highest BCUT2D eigenvalue weighted by Gasteiger charge is 2.53. The number of ether oxygens (including phenoxy) is 2. The van der Waals surface area contributed by atoms with Crippen molar-refractivity contribution >= 4 is 17.7 Å². The molecular formula is C26H29F3N4O5. The summed E-state index contributed by atoms with van der Waals surface area (Å²) in [4.78, 5) is 40.2. The normalized spacial score (nSPS) is 25.3. The number of hydrogen-bond donors (Lipinski definition) is 2. The standard InChI is InChI=1S/C26H29F3N4O5/c27-26(28,29)38-19-4-2-18(3-5-19)37-14-21(34)33-15-24(6-1-7-24)12-20(33)23(36)31-17(13-30)10-16-11-25(8-9-25)32-22(16)35/h2-5,16-17,20H,1,6-12,14-15H2,(H,31,36)(H,32,35)/t16-,17+,20+/m1/s1. The maximum absolute atomic E-state index is 13.3. The summed E-state index contributed by atoms with van der Waals surface area (Å²) in [5.74, 6) is -1.50.